The predicted molar refractivity (Wildman–Crippen MR) is 80.0 cm³/mol. The average molecular weight is 283 g/mol. The van der Waals surface area contributed by atoms with E-state index in [0.29, 0.717) is 19.0 Å². The monoisotopic (exact) mass is 283 g/mol. The molecule has 1 atom stereocenters. The Morgan fingerprint density at radius 3 is 2.35 bits per heavy atom. The van der Waals surface area contributed by atoms with Crippen LogP contribution >= 0.6 is 0 Å². The second-order valence-electron chi connectivity index (χ2n) is 7.44. The molecule has 0 aromatic heterocycles. The van der Waals surface area contributed by atoms with Gasteiger partial charge in [0.25, 0.3) is 0 Å². The fourth-order valence-electron chi connectivity index (χ4n) is 2.33. The van der Waals surface area contributed by atoms with Crippen LogP contribution in [0.4, 0.5) is 0 Å². The molecule has 1 heterocycles. The number of likely N-dealkylation sites (tertiary alicyclic amines) is 1. The predicted octanol–water partition coefficient (Wildman–Crippen LogP) is 1.12. The smallest absolute Gasteiger partial charge is 0.242 e. The highest BCUT2D eigenvalue weighted by Gasteiger charge is 2.32. The molecule has 0 saturated carbocycles. The number of carbonyl (C=O) groups is 2. The van der Waals surface area contributed by atoms with Crippen molar-refractivity contribution in [1.29, 1.82) is 0 Å². The van der Waals surface area contributed by atoms with Crippen LogP contribution in [0.5, 0.6) is 0 Å². The highest BCUT2D eigenvalue weighted by molar-refractivity contribution is 5.85. The van der Waals surface area contributed by atoms with E-state index in [1.807, 2.05) is 25.7 Å². The van der Waals surface area contributed by atoms with Gasteiger partial charge >= 0.3 is 0 Å². The van der Waals surface area contributed by atoms with Gasteiger partial charge in [-0.2, -0.15) is 0 Å². The molecule has 116 valence electrons. The summed E-state index contributed by atoms with van der Waals surface area (Å²) in [7, 11) is 0. The molecule has 1 fully saturated rings. The van der Waals surface area contributed by atoms with Gasteiger partial charge in [0.1, 0.15) is 0 Å². The van der Waals surface area contributed by atoms with Gasteiger partial charge in [0, 0.05) is 25.0 Å². The number of hydrogen-bond donors (Lipinski definition) is 2. The summed E-state index contributed by atoms with van der Waals surface area (Å²) < 4.78 is 0. The maximum absolute atomic E-state index is 12.2. The van der Waals surface area contributed by atoms with Crippen LogP contribution in [0.1, 0.15) is 47.5 Å². The molecule has 1 saturated heterocycles. The summed E-state index contributed by atoms with van der Waals surface area (Å²) in [6.07, 6.45) is 2.01. The lowest BCUT2D eigenvalue weighted by molar-refractivity contribution is -0.137. The topological polar surface area (TPSA) is 75.4 Å². The number of hydrogen-bond acceptors (Lipinski definition) is 3. The molecule has 1 unspecified atom stereocenters. The highest BCUT2D eigenvalue weighted by atomic mass is 16.2. The summed E-state index contributed by atoms with van der Waals surface area (Å²) in [4.78, 5) is 25.9. The molecule has 5 nitrogen and oxygen atoms in total. The fourth-order valence-corrected chi connectivity index (χ4v) is 2.33. The Morgan fingerprint density at radius 1 is 1.25 bits per heavy atom. The molecule has 0 aromatic carbocycles. The molecule has 1 rings (SSSR count). The van der Waals surface area contributed by atoms with Gasteiger partial charge in [-0.15, -0.1) is 0 Å². The molecule has 0 radical (unpaired) electrons. The Morgan fingerprint density at radius 2 is 1.85 bits per heavy atom. The minimum atomic E-state index is -0.823. The van der Waals surface area contributed by atoms with Crippen LogP contribution in [0.25, 0.3) is 0 Å². The number of rotatable bonds is 3. The molecule has 0 aliphatic carbocycles. The van der Waals surface area contributed by atoms with Crippen molar-refractivity contribution >= 4 is 11.8 Å². The third-order valence-electron chi connectivity index (χ3n) is 3.59. The zero-order chi connectivity index (χ0) is 15.6. The van der Waals surface area contributed by atoms with Crippen LogP contribution in [0.15, 0.2) is 0 Å². The summed E-state index contributed by atoms with van der Waals surface area (Å²) in [6, 6.07) is 0. The molecule has 1 aliphatic rings. The molecular weight excluding hydrogens is 254 g/mol. The van der Waals surface area contributed by atoms with Crippen molar-refractivity contribution < 1.29 is 9.59 Å². The lowest BCUT2D eigenvalue weighted by atomic mass is 9.93. The van der Waals surface area contributed by atoms with Gasteiger partial charge in [-0.05, 0) is 32.6 Å². The lowest BCUT2D eigenvalue weighted by Gasteiger charge is -2.36. The van der Waals surface area contributed by atoms with Gasteiger partial charge in [0.05, 0.1) is 5.54 Å². The minimum Gasteiger partial charge on any atom is -0.355 e. The van der Waals surface area contributed by atoms with Gasteiger partial charge in [0.15, 0.2) is 0 Å². The molecule has 1 aliphatic heterocycles. The minimum absolute atomic E-state index is 0.00986. The first kappa shape index (κ1) is 17.0. The Balaban J connectivity index is 2.50. The van der Waals surface area contributed by atoms with Crippen molar-refractivity contribution in [1.82, 2.24) is 10.2 Å². The normalized spacial score (nSPS) is 20.7. The quantitative estimate of drug-likeness (QED) is 0.815. The number of nitrogens with two attached hydrogens (primary N) is 1. The van der Waals surface area contributed by atoms with Crippen LogP contribution in [0, 0.1) is 11.3 Å². The van der Waals surface area contributed by atoms with E-state index < -0.39 is 5.54 Å². The molecule has 3 N–H and O–H groups in total. The summed E-state index contributed by atoms with van der Waals surface area (Å²) in [5.41, 5.74) is 4.68. The summed E-state index contributed by atoms with van der Waals surface area (Å²) in [5.74, 6) is 0.366. The van der Waals surface area contributed by atoms with Crippen LogP contribution in [-0.4, -0.2) is 41.9 Å². The fraction of sp³-hybridized carbons (Fsp3) is 0.867. The SMILES string of the molecule is CC(C)(C)C(=O)NCC1CCCN(C(=O)C(C)(C)N)C1. The van der Waals surface area contributed by atoms with Crippen molar-refractivity contribution in [2.45, 2.75) is 53.0 Å². The van der Waals surface area contributed by atoms with E-state index in [1.165, 1.54) is 0 Å². The molecular formula is C15H29N3O2. The number of nitrogens with one attached hydrogen (secondary N) is 1. The Bertz CT molecular complexity index is 366. The molecule has 0 spiro atoms. The van der Waals surface area contributed by atoms with Gasteiger partial charge in [-0.25, -0.2) is 0 Å². The number of amides is 2. The summed E-state index contributed by atoms with van der Waals surface area (Å²) >= 11 is 0. The number of carbonyl (C=O) groups excluding carboxylic acids is 2. The van der Waals surface area contributed by atoms with Crippen molar-refractivity contribution in [3.8, 4) is 0 Å². The number of nitrogens with zero attached hydrogens (tertiary/aromatic N) is 1. The van der Waals surface area contributed by atoms with Gasteiger partial charge < -0.3 is 16.0 Å². The van der Waals surface area contributed by atoms with Crippen molar-refractivity contribution in [2.24, 2.45) is 17.1 Å². The molecule has 2 amide bonds. The lowest BCUT2D eigenvalue weighted by Crippen LogP contribution is -2.54. The van der Waals surface area contributed by atoms with E-state index in [-0.39, 0.29) is 17.2 Å². The number of piperidine rings is 1. The second-order valence-corrected chi connectivity index (χ2v) is 7.44. The van der Waals surface area contributed by atoms with Crippen LogP contribution in [0.2, 0.25) is 0 Å². The van der Waals surface area contributed by atoms with Gasteiger partial charge in [-0.1, -0.05) is 20.8 Å². The zero-order valence-corrected chi connectivity index (χ0v) is 13.5. The van der Waals surface area contributed by atoms with E-state index in [0.717, 1.165) is 19.4 Å². The molecule has 20 heavy (non-hydrogen) atoms. The van der Waals surface area contributed by atoms with E-state index in [9.17, 15) is 9.59 Å². The standard InChI is InChI=1S/C15H29N3O2/c1-14(2,3)12(19)17-9-11-7-6-8-18(10-11)13(20)15(4,5)16/h11H,6-10,16H2,1-5H3,(H,17,19). The maximum atomic E-state index is 12.2. The zero-order valence-electron chi connectivity index (χ0n) is 13.5. The first-order valence-corrected chi connectivity index (χ1v) is 7.38. The van der Waals surface area contributed by atoms with Gasteiger partial charge in [0.2, 0.25) is 11.8 Å². The van der Waals surface area contributed by atoms with E-state index in [1.54, 1.807) is 13.8 Å². The van der Waals surface area contributed by atoms with E-state index in [4.69, 9.17) is 5.73 Å². The Kier molecular flexibility index (Phi) is 5.19. The van der Waals surface area contributed by atoms with Crippen LogP contribution in [-0.2, 0) is 9.59 Å². The van der Waals surface area contributed by atoms with Gasteiger partial charge in [-0.3, -0.25) is 9.59 Å². The van der Waals surface area contributed by atoms with E-state index in [2.05, 4.69) is 5.32 Å². The first-order chi connectivity index (χ1) is 9.01. The van der Waals surface area contributed by atoms with E-state index >= 15 is 0 Å². The van der Waals surface area contributed by atoms with Crippen LogP contribution in [0.3, 0.4) is 0 Å². The maximum Gasteiger partial charge on any atom is 0.242 e. The largest absolute Gasteiger partial charge is 0.355 e. The Labute approximate surface area is 122 Å². The second kappa shape index (κ2) is 6.12. The third kappa shape index (κ3) is 4.78. The highest BCUT2D eigenvalue weighted by Crippen LogP contribution is 2.19. The molecule has 5 heteroatoms. The first-order valence-electron chi connectivity index (χ1n) is 7.38. The average Bonchev–Trinajstić information content (AvgIpc) is 2.33. The summed E-state index contributed by atoms with van der Waals surface area (Å²) in [5, 5.41) is 2.98. The molecule has 0 bridgehead atoms. The van der Waals surface area contributed by atoms with Crippen molar-refractivity contribution in [2.75, 3.05) is 19.6 Å². The third-order valence-corrected chi connectivity index (χ3v) is 3.59. The molecule has 0 aromatic rings. The Hall–Kier alpha value is -1.10. The summed E-state index contributed by atoms with van der Waals surface area (Å²) in [6.45, 7) is 11.3. The van der Waals surface area contributed by atoms with Crippen molar-refractivity contribution in [3.05, 3.63) is 0 Å². The van der Waals surface area contributed by atoms with Crippen LogP contribution < -0.4 is 11.1 Å². The van der Waals surface area contributed by atoms with Crippen molar-refractivity contribution in [3.63, 3.8) is 0 Å².